The maximum atomic E-state index is 10.6. The summed E-state index contributed by atoms with van der Waals surface area (Å²) in [6.07, 6.45) is 0.0728. The molecule has 1 aromatic rings. The molecule has 0 aliphatic carbocycles. The standard InChI is InChI=1S/C13H18ClNO3/c1-9(2)15(7-6-13(17)18)8-10-11(14)4-3-5-12(10)16/h3-5,9,16H,6-8H2,1-2H3,(H,17,18). The minimum Gasteiger partial charge on any atom is -0.508 e. The van der Waals surface area contributed by atoms with Crippen LogP contribution in [0.2, 0.25) is 5.02 Å². The van der Waals surface area contributed by atoms with Crippen LogP contribution in [0.5, 0.6) is 5.75 Å². The first-order valence-electron chi connectivity index (χ1n) is 5.84. The monoisotopic (exact) mass is 271 g/mol. The third-order valence-electron chi connectivity index (χ3n) is 2.80. The van der Waals surface area contributed by atoms with Gasteiger partial charge in [0, 0.05) is 29.7 Å². The molecule has 2 N–H and O–H groups in total. The number of nitrogens with zero attached hydrogens (tertiary/aromatic N) is 1. The lowest BCUT2D eigenvalue weighted by molar-refractivity contribution is -0.137. The van der Waals surface area contributed by atoms with Crippen LogP contribution in [0, 0.1) is 0 Å². The molecular weight excluding hydrogens is 254 g/mol. The summed E-state index contributed by atoms with van der Waals surface area (Å²) in [5, 5.41) is 19.0. The zero-order valence-electron chi connectivity index (χ0n) is 10.6. The number of hydrogen-bond acceptors (Lipinski definition) is 3. The Hall–Kier alpha value is -1.26. The van der Waals surface area contributed by atoms with Crippen molar-refractivity contribution in [3.8, 4) is 5.75 Å². The van der Waals surface area contributed by atoms with Crippen LogP contribution in [-0.4, -0.2) is 33.7 Å². The van der Waals surface area contributed by atoms with Crippen LogP contribution in [-0.2, 0) is 11.3 Å². The van der Waals surface area contributed by atoms with Crippen molar-refractivity contribution < 1.29 is 15.0 Å². The van der Waals surface area contributed by atoms with Crippen LogP contribution in [0.1, 0.15) is 25.8 Å². The Morgan fingerprint density at radius 2 is 2.11 bits per heavy atom. The van der Waals surface area contributed by atoms with E-state index in [1.165, 1.54) is 0 Å². The second kappa shape index (κ2) is 6.61. The molecule has 1 aromatic carbocycles. The van der Waals surface area contributed by atoms with Crippen molar-refractivity contribution in [3.05, 3.63) is 28.8 Å². The van der Waals surface area contributed by atoms with E-state index in [0.717, 1.165) is 0 Å². The van der Waals surface area contributed by atoms with E-state index < -0.39 is 5.97 Å². The number of phenols is 1. The van der Waals surface area contributed by atoms with E-state index in [0.29, 0.717) is 23.7 Å². The van der Waals surface area contributed by atoms with Crippen molar-refractivity contribution in [2.24, 2.45) is 0 Å². The zero-order valence-corrected chi connectivity index (χ0v) is 11.3. The Balaban J connectivity index is 2.80. The van der Waals surface area contributed by atoms with Gasteiger partial charge in [-0.15, -0.1) is 0 Å². The van der Waals surface area contributed by atoms with Gasteiger partial charge in [0.25, 0.3) is 0 Å². The predicted molar refractivity (Wildman–Crippen MR) is 70.9 cm³/mol. The van der Waals surface area contributed by atoms with Crippen molar-refractivity contribution in [3.63, 3.8) is 0 Å². The molecule has 0 saturated heterocycles. The normalized spacial score (nSPS) is 11.2. The maximum Gasteiger partial charge on any atom is 0.304 e. The molecule has 1 rings (SSSR count). The third kappa shape index (κ3) is 4.20. The molecule has 4 nitrogen and oxygen atoms in total. The summed E-state index contributed by atoms with van der Waals surface area (Å²) in [6, 6.07) is 5.15. The minimum absolute atomic E-state index is 0.0728. The minimum atomic E-state index is -0.830. The molecule has 0 aliphatic rings. The smallest absolute Gasteiger partial charge is 0.304 e. The Morgan fingerprint density at radius 1 is 1.44 bits per heavy atom. The highest BCUT2D eigenvalue weighted by molar-refractivity contribution is 6.31. The molecular formula is C13H18ClNO3. The van der Waals surface area contributed by atoms with Gasteiger partial charge in [0.15, 0.2) is 0 Å². The summed E-state index contributed by atoms with van der Waals surface area (Å²) in [5.74, 6) is -0.687. The van der Waals surface area contributed by atoms with Crippen molar-refractivity contribution in [2.75, 3.05) is 6.54 Å². The van der Waals surface area contributed by atoms with E-state index in [1.54, 1.807) is 18.2 Å². The number of carbonyl (C=O) groups is 1. The topological polar surface area (TPSA) is 60.8 Å². The maximum absolute atomic E-state index is 10.6. The van der Waals surface area contributed by atoms with Gasteiger partial charge >= 0.3 is 5.97 Å². The summed E-state index contributed by atoms with van der Waals surface area (Å²) in [4.78, 5) is 12.6. The molecule has 0 unspecified atom stereocenters. The Morgan fingerprint density at radius 3 is 2.61 bits per heavy atom. The summed E-state index contributed by atoms with van der Waals surface area (Å²) < 4.78 is 0. The molecule has 0 atom stereocenters. The van der Waals surface area contributed by atoms with Crippen molar-refractivity contribution >= 4 is 17.6 Å². The summed E-state index contributed by atoms with van der Waals surface area (Å²) in [7, 11) is 0. The van der Waals surface area contributed by atoms with E-state index in [4.69, 9.17) is 16.7 Å². The van der Waals surface area contributed by atoms with Gasteiger partial charge in [-0.25, -0.2) is 0 Å². The van der Waals surface area contributed by atoms with Gasteiger partial charge in [-0.3, -0.25) is 9.69 Å². The molecule has 0 bridgehead atoms. The molecule has 0 saturated carbocycles. The number of hydrogen-bond donors (Lipinski definition) is 2. The molecule has 18 heavy (non-hydrogen) atoms. The van der Waals surface area contributed by atoms with E-state index in [1.807, 2.05) is 18.7 Å². The van der Waals surface area contributed by atoms with Gasteiger partial charge in [-0.2, -0.15) is 0 Å². The largest absolute Gasteiger partial charge is 0.508 e. The lowest BCUT2D eigenvalue weighted by atomic mass is 10.1. The number of aliphatic carboxylic acids is 1. The zero-order chi connectivity index (χ0) is 13.7. The third-order valence-corrected chi connectivity index (χ3v) is 3.15. The fourth-order valence-electron chi connectivity index (χ4n) is 1.67. The van der Waals surface area contributed by atoms with E-state index >= 15 is 0 Å². The molecule has 0 amide bonds. The molecule has 0 fully saturated rings. The molecule has 100 valence electrons. The number of rotatable bonds is 6. The van der Waals surface area contributed by atoms with Crippen LogP contribution >= 0.6 is 11.6 Å². The van der Waals surface area contributed by atoms with Crippen molar-refractivity contribution in [1.29, 1.82) is 0 Å². The number of carboxylic acid groups (broad SMARTS) is 1. The number of benzene rings is 1. The predicted octanol–water partition coefficient (Wildman–Crippen LogP) is 2.73. The number of halogens is 1. The van der Waals surface area contributed by atoms with Crippen molar-refractivity contribution in [2.45, 2.75) is 32.9 Å². The summed E-state index contributed by atoms with van der Waals surface area (Å²) in [6.45, 7) is 4.83. The lowest BCUT2D eigenvalue weighted by Crippen LogP contribution is -2.32. The fraction of sp³-hybridized carbons (Fsp3) is 0.462. The SMILES string of the molecule is CC(C)N(CCC(=O)O)Cc1c(O)cccc1Cl. The molecule has 0 heterocycles. The Bertz CT molecular complexity index is 400. The molecule has 0 aromatic heterocycles. The van der Waals surface area contributed by atoms with Gasteiger partial charge in [-0.05, 0) is 26.0 Å². The highest BCUT2D eigenvalue weighted by atomic mass is 35.5. The highest BCUT2D eigenvalue weighted by Gasteiger charge is 2.15. The van der Waals surface area contributed by atoms with Gasteiger partial charge < -0.3 is 10.2 Å². The quantitative estimate of drug-likeness (QED) is 0.835. The van der Waals surface area contributed by atoms with Crippen molar-refractivity contribution in [1.82, 2.24) is 4.90 Å². The Kier molecular flexibility index (Phi) is 5.44. The van der Waals surface area contributed by atoms with E-state index in [9.17, 15) is 9.90 Å². The molecule has 0 spiro atoms. The van der Waals surface area contributed by atoms with Crippen LogP contribution in [0.3, 0.4) is 0 Å². The van der Waals surface area contributed by atoms with Gasteiger partial charge in [0.2, 0.25) is 0 Å². The number of carboxylic acids is 1. The van der Waals surface area contributed by atoms with Crippen LogP contribution in [0.25, 0.3) is 0 Å². The average molecular weight is 272 g/mol. The van der Waals surface area contributed by atoms with Gasteiger partial charge in [0.05, 0.1) is 6.42 Å². The fourth-order valence-corrected chi connectivity index (χ4v) is 1.90. The van der Waals surface area contributed by atoms with E-state index in [2.05, 4.69) is 0 Å². The summed E-state index contributed by atoms with van der Waals surface area (Å²) >= 11 is 6.04. The van der Waals surface area contributed by atoms with Crippen LogP contribution < -0.4 is 0 Å². The number of aromatic hydroxyl groups is 1. The lowest BCUT2D eigenvalue weighted by Gasteiger charge is -2.26. The first-order valence-corrected chi connectivity index (χ1v) is 6.21. The highest BCUT2D eigenvalue weighted by Crippen LogP contribution is 2.27. The van der Waals surface area contributed by atoms with Crippen LogP contribution in [0.4, 0.5) is 0 Å². The second-order valence-electron chi connectivity index (χ2n) is 4.45. The first-order chi connectivity index (χ1) is 8.41. The second-order valence-corrected chi connectivity index (χ2v) is 4.85. The van der Waals surface area contributed by atoms with E-state index in [-0.39, 0.29) is 18.2 Å². The average Bonchev–Trinajstić information content (AvgIpc) is 2.26. The van der Waals surface area contributed by atoms with Crippen LogP contribution in [0.15, 0.2) is 18.2 Å². The van der Waals surface area contributed by atoms with Gasteiger partial charge in [-0.1, -0.05) is 17.7 Å². The molecule has 5 heteroatoms. The first kappa shape index (κ1) is 14.8. The molecule has 0 aliphatic heterocycles. The molecule has 0 radical (unpaired) electrons. The Labute approximate surface area is 112 Å². The number of phenolic OH excluding ortho intramolecular Hbond substituents is 1. The van der Waals surface area contributed by atoms with Gasteiger partial charge in [0.1, 0.15) is 5.75 Å². The summed E-state index contributed by atoms with van der Waals surface area (Å²) in [5.41, 5.74) is 0.637.